The van der Waals surface area contributed by atoms with Gasteiger partial charge in [0.1, 0.15) is 5.65 Å². The monoisotopic (exact) mass is 259 g/mol. The van der Waals surface area contributed by atoms with E-state index in [0.29, 0.717) is 0 Å². The van der Waals surface area contributed by atoms with Gasteiger partial charge in [-0.05, 0) is 30.7 Å². The van der Waals surface area contributed by atoms with E-state index < -0.39 is 0 Å². The largest absolute Gasteiger partial charge is 0.295 e. The highest BCUT2D eigenvalue weighted by molar-refractivity contribution is 6.12. The smallest absolute Gasteiger partial charge is 0.145 e. The molecule has 0 radical (unpaired) electrons. The first-order valence-corrected chi connectivity index (χ1v) is 7.00. The van der Waals surface area contributed by atoms with Crippen molar-refractivity contribution in [3.05, 3.63) is 53.6 Å². The predicted octanol–water partition coefficient (Wildman–Crippen LogP) is 3.44. The normalized spacial score (nSPS) is 13.8. The third-order valence-corrected chi connectivity index (χ3v) is 4.48. The van der Waals surface area contributed by atoms with Gasteiger partial charge in [0.2, 0.25) is 0 Å². The molecule has 1 aliphatic heterocycles. The molecule has 0 N–H and O–H groups in total. The lowest BCUT2D eigenvalue weighted by Gasteiger charge is -2.17. The molecule has 1 aromatic carbocycles. The summed E-state index contributed by atoms with van der Waals surface area (Å²) in [6.45, 7) is 2.12. The molecule has 5 rings (SSSR count). The highest BCUT2D eigenvalue weighted by Gasteiger charge is 2.21. The van der Waals surface area contributed by atoms with Gasteiger partial charge in [-0.25, -0.2) is 4.98 Å². The SMILES string of the molecule is Cc1nc2c3ccccc3c3cncc4c3n2c1CC4. The maximum absolute atomic E-state index is 4.84. The topological polar surface area (TPSA) is 30.2 Å². The number of nitrogens with zero attached hydrogens (tertiary/aromatic N) is 3. The summed E-state index contributed by atoms with van der Waals surface area (Å²) in [5.41, 5.74) is 6.24. The summed E-state index contributed by atoms with van der Waals surface area (Å²) in [7, 11) is 0. The maximum atomic E-state index is 4.84. The minimum atomic E-state index is 1.05. The number of rotatable bonds is 0. The number of imidazole rings is 1. The third kappa shape index (κ3) is 1.07. The lowest BCUT2D eigenvalue weighted by Crippen LogP contribution is -2.08. The number of aromatic nitrogens is 3. The zero-order valence-electron chi connectivity index (χ0n) is 11.2. The standard InChI is InChI=1S/C17H13N3/c1-10-15-7-6-11-8-18-9-14-12-4-2-3-5-13(12)17(19-10)20(15)16(11)14/h2-5,8-9H,6-7H2,1H3. The van der Waals surface area contributed by atoms with Crippen LogP contribution in [0.2, 0.25) is 0 Å². The fraction of sp³-hybridized carbons (Fsp3) is 0.176. The van der Waals surface area contributed by atoms with Gasteiger partial charge in [0.25, 0.3) is 0 Å². The van der Waals surface area contributed by atoms with Gasteiger partial charge in [-0.15, -0.1) is 0 Å². The Morgan fingerprint density at radius 2 is 1.85 bits per heavy atom. The average Bonchev–Trinajstić information content (AvgIpc) is 2.84. The van der Waals surface area contributed by atoms with Crippen molar-refractivity contribution in [3.63, 3.8) is 0 Å². The fourth-order valence-electron chi connectivity index (χ4n) is 3.58. The number of pyridine rings is 2. The van der Waals surface area contributed by atoms with E-state index >= 15 is 0 Å². The molecule has 1 aliphatic rings. The van der Waals surface area contributed by atoms with Crippen LogP contribution in [-0.4, -0.2) is 14.4 Å². The van der Waals surface area contributed by atoms with Crippen LogP contribution in [0.25, 0.3) is 27.3 Å². The second-order valence-corrected chi connectivity index (χ2v) is 5.54. The third-order valence-electron chi connectivity index (χ3n) is 4.48. The van der Waals surface area contributed by atoms with Crippen molar-refractivity contribution in [2.75, 3.05) is 0 Å². The highest BCUT2D eigenvalue weighted by atomic mass is 15.0. The molecule has 0 aliphatic carbocycles. The molecule has 0 fully saturated rings. The van der Waals surface area contributed by atoms with Crippen LogP contribution in [0.4, 0.5) is 0 Å². The van der Waals surface area contributed by atoms with Gasteiger partial charge in [0, 0.05) is 28.9 Å². The maximum Gasteiger partial charge on any atom is 0.145 e. The van der Waals surface area contributed by atoms with Crippen LogP contribution in [0.5, 0.6) is 0 Å². The lowest BCUT2D eigenvalue weighted by atomic mass is 9.99. The summed E-state index contributed by atoms with van der Waals surface area (Å²) < 4.78 is 2.35. The average molecular weight is 259 g/mol. The van der Waals surface area contributed by atoms with Gasteiger partial charge in [-0.3, -0.25) is 9.38 Å². The zero-order valence-corrected chi connectivity index (χ0v) is 11.2. The molecule has 4 aromatic rings. The molecule has 0 unspecified atom stereocenters. The summed E-state index contributed by atoms with van der Waals surface area (Å²) >= 11 is 0. The summed E-state index contributed by atoms with van der Waals surface area (Å²) in [6.07, 6.45) is 6.11. The molecule has 0 bridgehead atoms. The molecule has 0 atom stereocenters. The Bertz CT molecular complexity index is 1010. The molecule has 0 saturated heterocycles. The Hall–Kier alpha value is -2.42. The molecule has 0 amide bonds. The minimum absolute atomic E-state index is 1.05. The van der Waals surface area contributed by atoms with Crippen LogP contribution in [0, 0.1) is 6.92 Å². The molecule has 96 valence electrons. The molecule has 0 saturated carbocycles. The Morgan fingerprint density at radius 1 is 1.00 bits per heavy atom. The van der Waals surface area contributed by atoms with E-state index in [4.69, 9.17) is 4.98 Å². The Morgan fingerprint density at radius 3 is 2.75 bits per heavy atom. The van der Waals surface area contributed by atoms with E-state index in [1.54, 1.807) is 0 Å². The second kappa shape index (κ2) is 3.37. The van der Waals surface area contributed by atoms with Gasteiger partial charge < -0.3 is 0 Å². The van der Waals surface area contributed by atoms with E-state index in [1.165, 1.54) is 32.9 Å². The number of fused-ring (bicyclic) bond motifs is 3. The Kier molecular flexibility index (Phi) is 1.75. The highest BCUT2D eigenvalue weighted by Crippen LogP contribution is 2.35. The van der Waals surface area contributed by atoms with Crippen molar-refractivity contribution >= 4 is 27.3 Å². The number of hydrogen-bond donors (Lipinski definition) is 0. The molecule has 0 spiro atoms. The van der Waals surface area contributed by atoms with E-state index in [1.807, 2.05) is 12.4 Å². The van der Waals surface area contributed by atoms with E-state index in [2.05, 4.69) is 40.6 Å². The van der Waals surface area contributed by atoms with Gasteiger partial charge in [0.05, 0.1) is 11.2 Å². The molecular weight excluding hydrogens is 246 g/mol. The Balaban J connectivity index is 2.26. The Labute approximate surface area is 115 Å². The molecule has 4 heterocycles. The first-order valence-electron chi connectivity index (χ1n) is 7.00. The van der Waals surface area contributed by atoms with Crippen molar-refractivity contribution in [2.24, 2.45) is 0 Å². The van der Waals surface area contributed by atoms with Gasteiger partial charge in [-0.1, -0.05) is 24.3 Å². The van der Waals surface area contributed by atoms with E-state index in [0.717, 1.165) is 24.2 Å². The predicted molar refractivity (Wildman–Crippen MR) is 80.1 cm³/mol. The molecular formula is C17H13N3. The van der Waals surface area contributed by atoms with Crippen LogP contribution in [0.1, 0.15) is 17.0 Å². The van der Waals surface area contributed by atoms with Crippen molar-refractivity contribution in [1.82, 2.24) is 14.4 Å². The summed E-state index contributed by atoms with van der Waals surface area (Å²) in [5, 5.41) is 3.71. The number of aryl methyl sites for hydroxylation is 3. The lowest BCUT2D eigenvalue weighted by molar-refractivity contribution is 0.860. The van der Waals surface area contributed by atoms with Crippen molar-refractivity contribution < 1.29 is 0 Å². The van der Waals surface area contributed by atoms with Crippen molar-refractivity contribution in [3.8, 4) is 0 Å². The number of hydrogen-bond acceptors (Lipinski definition) is 2. The summed E-state index contributed by atoms with van der Waals surface area (Å²) in [4.78, 5) is 9.28. The molecule has 3 heteroatoms. The number of benzene rings is 1. The first-order chi connectivity index (χ1) is 9.84. The van der Waals surface area contributed by atoms with Gasteiger partial charge in [-0.2, -0.15) is 0 Å². The van der Waals surface area contributed by atoms with Gasteiger partial charge in [0.15, 0.2) is 0 Å². The quantitative estimate of drug-likeness (QED) is 0.453. The van der Waals surface area contributed by atoms with Crippen LogP contribution < -0.4 is 0 Å². The van der Waals surface area contributed by atoms with E-state index in [-0.39, 0.29) is 0 Å². The fourth-order valence-corrected chi connectivity index (χ4v) is 3.58. The first kappa shape index (κ1) is 10.4. The summed E-state index contributed by atoms with van der Waals surface area (Å²) in [6, 6.07) is 8.51. The van der Waals surface area contributed by atoms with E-state index in [9.17, 15) is 0 Å². The van der Waals surface area contributed by atoms with Crippen LogP contribution in [-0.2, 0) is 12.8 Å². The van der Waals surface area contributed by atoms with Gasteiger partial charge >= 0.3 is 0 Å². The van der Waals surface area contributed by atoms with Crippen LogP contribution in [0.3, 0.4) is 0 Å². The molecule has 3 aromatic heterocycles. The molecule has 20 heavy (non-hydrogen) atoms. The zero-order chi connectivity index (χ0) is 13.3. The van der Waals surface area contributed by atoms with Crippen LogP contribution >= 0.6 is 0 Å². The van der Waals surface area contributed by atoms with Crippen LogP contribution in [0.15, 0.2) is 36.7 Å². The van der Waals surface area contributed by atoms with Crippen molar-refractivity contribution in [1.29, 1.82) is 0 Å². The molecule has 3 nitrogen and oxygen atoms in total. The minimum Gasteiger partial charge on any atom is -0.295 e. The summed E-state index contributed by atoms with van der Waals surface area (Å²) in [5.74, 6) is 0. The van der Waals surface area contributed by atoms with Crippen molar-refractivity contribution in [2.45, 2.75) is 19.8 Å². The second-order valence-electron chi connectivity index (χ2n) is 5.54.